The molecule has 5 nitrogen and oxygen atoms in total. The van der Waals surface area contributed by atoms with Crippen molar-refractivity contribution in [3.63, 3.8) is 0 Å². The predicted molar refractivity (Wildman–Crippen MR) is 109 cm³/mol. The zero-order valence-corrected chi connectivity index (χ0v) is 16.3. The normalized spacial score (nSPS) is 16.2. The molecule has 2 fully saturated rings. The Kier molecular flexibility index (Phi) is 4.04. The fourth-order valence-electron chi connectivity index (χ4n) is 3.58. The van der Waals surface area contributed by atoms with E-state index in [0.717, 1.165) is 46.5 Å². The van der Waals surface area contributed by atoms with E-state index in [1.54, 1.807) is 0 Å². The molecular weight excluding hydrogens is 348 g/mol. The molecule has 0 aliphatic heterocycles. The number of nitrogens with zero attached hydrogens (tertiary/aromatic N) is 3. The summed E-state index contributed by atoms with van der Waals surface area (Å²) in [7, 11) is 0. The highest BCUT2D eigenvalue weighted by Crippen LogP contribution is 2.40. The van der Waals surface area contributed by atoms with Crippen LogP contribution in [0.2, 0.25) is 0 Å². The van der Waals surface area contributed by atoms with E-state index >= 15 is 0 Å². The summed E-state index contributed by atoms with van der Waals surface area (Å²) in [4.78, 5) is 17.4. The number of aryl methyl sites for hydroxylation is 2. The van der Waals surface area contributed by atoms with Gasteiger partial charge >= 0.3 is 0 Å². The first-order valence-electron chi connectivity index (χ1n) is 10.0. The van der Waals surface area contributed by atoms with E-state index in [4.69, 9.17) is 0 Å². The van der Waals surface area contributed by atoms with Gasteiger partial charge in [-0.3, -0.25) is 14.5 Å². The lowest BCUT2D eigenvalue weighted by Crippen LogP contribution is -2.25. The quantitative estimate of drug-likeness (QED) is 0.719. The van der Waals surface area contributed by atoms with Gasteiger partial charge in [-0.15, -0.1) is 0 Å². The van der Waals surface area contributed by atoms with Crippen molar-refractivity contribution in [2.45, 2.75) is 51.6 Å². The van der Waals surface area contributed by atoms with Crippen molar-refractivity contribution in [3.8, 4) is 22.5 Å². The summed E-state index contributed by atoms with van der Waals surface area (Å²) in [5, 5.41) is 7.71. The molecule has 5 rings (SSSR count). The first kappa shape index (κ1) is 17.2. The van der Waals surface area contributed by atoms with Crippen LogP contribution in [0, 0.1) is 13.8 Å². The standard InChI is InChI=1S/C23H24N4O/c1-14-3-8-21(24-12-14)16-9-17(11-18(10-16)23(28)26-19-4-5-19)22-15(2)13-25-27(22)20-6-7-20/h3,8-13,19-20H,4-7H2,1-2H3,(H,26,28). The molecular formula is C23H24N4O. The Morgan fingerprint density at radius 3 is 2.50 bits per heavy atom. The molecule has 0 radical (unpaired) electrons. The van der Waals surface area contributed by atoms with Gasteiger partial charge in [-0.05, 0) is 74.9 Å². The molecule has 0 unspecified atom stereocenters. The number of amides is 1. The number of aromatic nitrogens is 3. The molecule has 5 heteroatoms. The maximum absolute atomic E-state index is 12.8. The van der Waals surface area contributed by atoms with Gasteiger partial charge in [0.2, 0.25) is 0 Å². The van der Waals surface area contributed by atoms with Crippen LogP contribution in [0.5, 0.6) is 0 Å². The summed E-state index contributed by atoms with van der Waals surface area (Å²) in [6.07, 6.45) is 8.28. The van der Waals surface area contributed by atoms with Crippen LogP contribution in [0.4, 0.5) is 0 Å². The molecule has 2 heterocycles. The van der Waals surface area contributed by atoms with E-state index in [1.165, 1.54) is 12.8 Å². The van der Waals surface area contributed by atoms with E-state index in [1.807, 2.05) is 37.5 Å². The zero-order valence-electron chi connectivity index (χ0n) is 16.3. The molecule has 2 saturated carbocycles. The topological polar surface area (TPSA) is 59.8 Å². The van der Waals surface area contributed by atoms with Crippen molar-refractivity contribution in [2.75, 3.05) is 0 Å². The third-order valence-electron chi connectivity index (χ3n) is 5.46. The largest absolute Gasteiger partial charge is 0.349 e. The minimum Gasteiger partial charge on any atom is -0.349 e. The number of pyridine rings is 1. The van der Waals surface area contributed by atoms with Crippen LogP contribution < -0.4 is 5.32 Å². The Morgan fingerprint density at radius 1 is 1.04 bits per heavy atom. The third kappa shape index (κ3) is 3.33. The van der Waals surface area contributed by atoms with Crippen molar-refractivity contribution in [3.05, 3.63) is 59.4 Å². The van der Waals surface area contributed by atoms with Gasteiger partial charge in [0.25, 0.3) is 5.91 Å². The van der Waals surface area contributed by atoms with Gasteiger partial charge in [-0.2, -0.15) is 5.10 Å². The van der Waals surface area contributed by atoms with Crippen molar-refractivity contribution < 1.29 is 4.79 Å². The number of hydrogen-bond acceptors (Lipinski definition) is 3. The monoisotopic (exact) mass is 372 g/mol. The Balaban J connectivity index is 1.63. The summed E-state index contributed by atoms with van der Waals surface area (Å²) in [6.45, 7) is 4.11. The molecule has 2 aromatic heterocycles. The SMILES string of the molecule is Cc1ccc(-c2cc(C(=O)NC3CC3)cc(-c3c(C)cnn3C3CC3)c2)nc1. The molecule has 0 atom stereocenters. The molecule has 28 heavy (non-hydrogen) atoms. The molecule has 2 aliphatic carbocycles. The summed E-state index contributed by atoms with van der Waals surface area (Å²) in [5.74, 6) is -0.00662. The van der Waals surface area contributed by atoms with Crippen LogP contribution in [0.25, 0.3) is 22.5 Å². The van der Waals surface area contributed by atoms with Crippen LogP contribution in [0.15, 0.2) is 42.7 Å². The maximum atomic E-state index is 12.8. The summed E-state index contributed by atoms with van der Waals surface area (Å²) >= 11 is 0. The number of hydrogen-bond donors (Lipinski definition) is 1. The molecule has 1 amide bonds. The Labute approximate surface area is 164 Å². The minimum absolute atomic E-state index is 0.00662. The third-order valence-corrected chi connectivity index (χ3v) is 5.46. The fourth-order valence-corrected chi connectivity index (χ4v) is 3.58. The fraction of sp³-hybridized carbons (Fsp3) is 0.348. The van der Waals surface area contributed by atoms with Crippen molar-refractivity contribution in [1.82, 2.24) is 20.1 Å². The highest BCUT2D eigenvalue weighted by Gasteiger charge is 2.29. The van der Waals surface area contributed by atoms with E-state index in [-0.39, 0.29) is 5.91 Å². The van der Waals surface area contributed by atoms with E-state index in [0.29, 0.717) is 17.6 Å². The minimum atomic E-state index is -0.00662. The summed E-state index contributed by atoms with van der Waals surface area (Å²) < 4.78 is 2.12. The molecule has 1 aromatic carbocycles. The van der Waals surface area contributed by atoms with E-state index < -0.39 is 0 Å². The van der Waals surface area contributed by atoms with Crippen LogP contribution in [0.1, 0.15) is 53.2 Å². The van der Waals surface area contributed by atoms with Gasteiger partial charge in [-0.1, -0.05) is 6.07 Å². The van der Waals surface area contributed by atoms with Crippen molar-refractivity contribution in [2.24, 2.45) is 0 Å². The van der Waals surface area contributed by atoms with Crippen molar-refractivity contribution >= 4 is 5.91 Å². The van der Waals surface area contributed by atoms with E-state index in [9.17, 15) is 4.79 Å². The molecule has 2 aliphatic rings. The average molecular weight is 372 g/mol. The second-order valence-corrected chi connectivity index (χ2v) is 8.12. The van der Waals surface area contributed by atoms with Gasteiger partial charge in [0.05, 0.1) is 23.6 Å². The highest BCUT2D eigenvalue weighted by atomic mass is 16.1. The van der Waals surface area contributed by atoms with E-state index in [2.05, 4.69) is 39.1 Å². The maximum Gasteiger partial charge on any atom is 0.251 e. The zero-order chi connectivity index (χ0) is 19.3. The van der Waals surface area contributed by atoms with Gasteiger partial charge in [-0.25, -0.2) is 0 Å². The molecule has 0 bridgehead atoms. The lowest BCUT2D eigenvalue weighted by molar-refractivity contribution is 0.0951. The Hall–Kier alpha value is -2.95. The average Bonchev–Trinajstić information content (AvgIpc) is 3.62. The van der Waals surface area contributed by atoms with Gasteiger partial charge in [0.15, 0.2) is 0 Å². The van der Waals surface area contributed by atoms with Crippen molar-refractivity contribution in [1.29, 1.82) is 0 Å². The van der Waals surface area contributed by atoms with Gasteiger partial charge in [0, 0.05) is 28.9 Å². The van der Waals surface area contributed by atoms with Gasteiger partial charge < -0.3 is 5.32 Å². The first-order chi connectivity index (χ1) is 13.6. The summed E-state index contributed by atoms with van der Waals surface area (Å²) in [5.41, 5.74) is 6.91. The van der Waals surface area contributed by atoms with Crippen LogP contribution in [0.3, 0.4) is 0 Å². The number of carbonyl (C=O) groups is 1. The van der Waals surface area contributed by atoms with Gasteiger partial charge in [0.1, 0.15) is 0 Å². The molecule has 142 valence electrons. The highest BCUT2D eigenvalue weighted by molar-refractivity contribution is 5.97. The molecule has 0 saturated heterocycles. The number of benzene rings is 1. The number of nitrogens with one attached hydrogen (secondary N) is 1. The molecule has 1 N–H and O–H groups in total. The number of carbonyl (C=O) groups excluding carboxylic acids is 1. The second kappa shape index (κ2) is 6.59. The lowest BCUT2D eigenvalue weighted by Gasteiger charge is -2.13. The Morgan fingerprint density at radius 2 is 1.82 bits per heavy atom. The lowest BCUT2D eigenvalue weighted by atomic mass is 9.99. The summed E-state index contributed by atoms with van der Waals surface area (Å²) in [6, 6.07) is 11.0. The Bertz CT molecular complexity index is 1040. The van der Waals surface area contributed by atoms with Crippen LogP contribution in [-0.4, -0.2) is 26.7 Å². The van der Waals surface area contributed by atoms with Crippen LogP contribution in [-0.2, 0) is 0 Å². The molecule has 0 spiro atoms. The second-order valence-electron chi connectivity index (χ2n) is 8.12. The first-order valence-corrected chi connectivity index (χ1v) is 10.0. The molecule has 3 aromatic rings. The predicted octanol–water partition coefficient (Wildman–Crippen LogP) is 4.46. The smallest absolute Gasteiger partial charge is 0.251 e. The number of rotatable bonds is 5. The van der Waals surface area contributed by atoms with Crippen LogP contribution >= 0.6 is 0 Å².